The quantitative estimate of drug-likeness (QED) is 0.219. The van der Waals surface area contributed by atoms with Gasteiger partial charge < -0.3 is 72.7 Å². The normalized spacial score (nSPS) is 49.9. The van der Waals surface area contributed by atoms with E-state index in [0.717, 1.165) is 0 Å². The maximum Gasteiger partial charge on any atom is 0.311 e. The van der Waals surface area contributed by atoms with Crippen molar-refractivity contribution in [3.8, 4) is 0 Å². The number of carbonyl (C=O) groups excluding carboxylic acids is 2. The summed E-state index contributed by atoms with van der Waals surface area (Å²) in [5, 5.41) is 46.5. The summed E-state index contributed by atoms with van der Waals surface area (Å²) in [5.74, 6) is -4.51. The number of aliphatic hydroxyl groups is 4. The number of cyclic esters (lactones) is 1. The number of likely N-dealkylation sites (N-methyl/N-ethyl adjacent to an activating group) is 1. The van der Waals surface area contributed by atoms with Crippen LogP contribution in [0.25, 0.3) is 0 Å². The second-order valence-electron chi connectivity index (χ2n) is 20.2. The number of rotatable bonds is 11. The first-order valence-corrected chi connectivity index (χ1v) is 22.9. The van der Waals surface area contributed by atoms with Crippen molar-refractivity contribution in [3.05, 3.63) is 0 Å². The summed E-state index contributed by atoms with van der Waals surface area (Å²) in [6.07, 6.45) is -11.5. The van der Waals surface area contributed by atoms with Crippen LogP contribution < -0.4 is 0 Å². The highest BCUT2D eigenvalue weighted by Crippen LogP contribution is 2.43. The van der Waals surface area contributed by atoms with Crippen LogP contribution >= 0.6 is 0 Å². The van der Waals surface area contributed by atoms with Crippen LogP contribution in [-0.2, 0) is 57.0 Å². The Labute approximate surface area is 376 Å². The predicted octanol–water partition coefficient (Wildman–Crippen LogP) is 3.36. The molecule has 4 aliphatic heterocycles. The number of hydrogen-bond acceptors (Lipinski definition) is 17. The molecule has 0 radical (unpaired) electrons. The molecule has 0 saturated carbocycles. The molecule has 0 spiro atoms. The molecule has 0 aromatic carbocycles. The third-order valence-electron chi connectivity index (χ3n) is 15.0. The standard InChI is InChI=1S/C46H83NO16/c1-18-31-46(12,53)40(62-33-22-44(10,55-16)38(51)29(8)59-33)25(4)34(48)23(2)20-45(11,56-17)39(63-42-35(49)30(47(13)14)19-24(3)57-42)26(5)36(27(6)41(52)60-31)61-32-21-43(9,54-15)37(50)28(7)58-32/h23-33,35-40,42,49-51,53H,18-22H2,1-17H3/t23-,24-,25+,26+,27-,28+,29+,30+,31-,32+,33+,35-,36+,37+,38+,39-,40-,42+,43-,44-,45-,46-/m1/s1. The van der Waals surface area contributed by atoms with Gasteiger partial charge >= 0.3 is 5.97 Å². The maximum absolute atomic E-state index is 14.9. The van der Waals surface area contributed by atoms with E-state index in [4.69, 9.17) is 47.4 Å². The number of hydrogen-bond donors (Lipinski definition) is 4. The third kappa shape index (κ3) is 11.5. The summed E-state index contributed by atoms with van der Waals surface area (Å²) in [4.78, 5) is 31.6. The van der Waals surface area contributed by atoms with Gasteiger partial charge in [-0.05, 0) is 88.7 Å². The van der Waals surface area contributed by atoms with Crippen molar-refractivity contribution in [1.82, 2.24) is 4.90 Å². The molecule has 4 fully saturated rings. The zero-order chi connectivity index (χ0) is 47.7. The van der Waals surface area contributed by atoms with Crippen LogP contribution in [0.15, 0.2) is 0 Å². The van der Waals surface area contributed by atoms with Crippen LogP contribution in [0.1, 0.15) is 115 Å². The van der Waals surface area contributed by atoms with Crippen LogP contribution in [0, 0.1) is 23.7 Å². The first-order valence-electron chi connectivity index (χ1n) is 22.9. The number of carbonyl (C=O) groups is 2. The van der Waals surface area contributed by atoms with Crippen molar-refractivity contribution in [2.24, 2.45) is 23.7 Å². The Hall–Kier alpha value is -1.42. The molecule has 0 amide bonds. The second kappa shape index (κ2) is 21.3. The number of methoxy groups -OCH3 is 3. The van der Waals surface area contributed by atoms with Gasteiger partial charge in [0, 0.05) is 58.0 Å². The lowest BCUT2D eigenvalue weighted by Crippen LogP contribution is -2.62. The van der Waals surface area contributed by atoms with Gasteiger partial charge in [-0.1, -0.05) is 27.7 Å². The van der Waals surface area contributed by atoms with Crippen molar-refractivity contribution in [2.75, 3.05) is 35.4 Å². The first-order chi connectivity index (χ1) is 29.1. The molecule has 368 valence electrons. The van der Waals surface area contributed by atoms with E-state index in [9.17, 15) is 30.0 Å². The lowest BCUT2D eigenvalue weighted by atomic mass is 9.73. The van der Waals surface area contributed by atoms with E-state index in [1.54, 1.807) is 55.4 Å². The van der Waals surface area contributed by atoms with Crippen LogP contribution in [0.2, 0.25) is 0 Å². The van der Waals surface area contributed by atoms with Gasteiger partial charge in [-0.3, -0.25) is 9.59 Å². The van der Waals surface area contributed by atoms with E-state index in [-0.39, 0.29) is 43.6 Å². The van der Waals surface area contributed by atoms with Gasteiger partial charge in [0.1, 0.15) is 41.9 Å². The number of ketones is 1. The van der Waals surface area contributed by atoms with Gasteiger partial charge in [0.25, 0.3) is 0 Å². The number of ether oxygens (including phenoxy) is 10. The maximum atomic E-state index is 14.9. The largest absolute Gasteiger partial charge is 0.459 e. The summed E-state index contributed by atoms with van der Waals surface area (Å²) in [6.45, 7) is 20.9. The van der Waals surface area contributed by atoms with Gasteiger partial charge in [-0.15, -0.1) is 0 Å². The fraction of sp³-hybridized carbons (Fsp3) is 0.957. The fourth-order valence-corrected chi connectivity index (χ4v) is 10.6. The molecule has 0 aliphatic carbocycles. The van der Waals surface area contributed by atoms with Gasteiger partial charge in [0.2, 0.25) is 0 Å². The molecule has 0 aromatic heterocycles. The van der Waals surface area contributed by atoms with Crippen LogP contribution in [0.4, 0.5) is 0 Å². The number of nitrogens with zero attached hydrogens (tertiary/aromatic N) is 1. The van der Waals surface area contributed by atoms with Crippen molar-refractivity contribution in [1.29, 1.82) is 0 Å². The lowest BCUT2D eigenvalue weighted by Gasteiger charge is -2.50. The highest BCUT2D eigenvalue weighted by molar-refractivity contribution is 5.83. The van der Waals surface area contributed by atoms with Crippen LogP contribution in [-0.4, -0.2) is 181 Å². The van der Waals surface area contributed by atoms with Gasteiger partial charge in [-0.25, -0.2) is 0 Å². The van der Waals surface area contributed by atoms with Crippen molar-refractivity contribution in [3.63, 3.8) is 0 Å². The Bertz CT molecular complexity index is 1500. The number of esters is 1. The molecule has 0 bridgehead atoms. The van der Waals surface area contributed by atoms with Gasteiger partial charge in [0.05, 0.1) is 53.2 Å². The number of aliphatic hydroxyl groups excluding tert-OH is 3. The van der Waals surface area contributed by atoms with Crippen molar-refractivity contribution < 1.29 is 77.4 Å². The minimum atomic E-state index is -1.96. The fourth-order valence-electron chi connectivity index (χ4n) is 10.6. The molecule has 4 heterocycles. The lowest BCUT2D eigenvalue weighted by molar-refractivity contribution is -0.320. The minimum Gasteiger partial charge on any atom is -0.459 e. The molecule has 22 atom stereocenters. The molecular weight excluding hydrogens is 822 g/mol. The first kappa shape index (κ1) is 54.2. The zero-order valence-corrected chi connectivity index (χ0v) is 41.1. The molecule has 0 unspecified atom stereocenters. The van der Waals surface area contributed by atoms with E-state index < -0.39 is 126 Å². The molecule has 17 nitrogen and oxygen atoms in total. The van der Waals surface area contributed by atoms with E-state index in [1.807, 2.05) is 39.8 Å². The molecule has 17 heteroatoms. The summed E-state index contributed by atoms with van der Waals surface area (Å²) in [7, 11) is 8.28. The van der Waals surface area contributed by atoms with E-state index in [2.05, 4.69) is 0 Å². The summed E-state index contributed by atoms with van der Waals surface area (Å²) in [5.41, 5.74) is -5.39. The summed E-state index contributed by atoms with van der Waals surface area (Å²) in [6, 6.07) is -0.309. The predicted molar refractivity (Wildman–Crippen MR) is 230 cm³/mol. The Balaban J connectivity index is 1.89. The zero-order valence-electron chi connectivity index (χ0n) is 41.1. The smallest absolute Gasteiger partial charge is 0.311 e. The monoisotopic (exact) mass is 906 g/mol. The van der Waals surface area contributed by atoms with E-state index >= 15 is 0 Å². The van der Waals surface area contributed by atoms with Crippen molar-refractivity contribution in [2.45, 2.75) is 224 Å². The Morgan fingerprint density at radius 1 is 0.698 bits per heavy atom. The second-order valence-corrected chi connectivity index (χ2v) is 20.2. The molecule has 4 rings (SSSR count). The Morgan fingerprint density at radius 3 is 1.68 bits per heavy atom. The topological polar surface area (TPSA) is 211 Å². The third-order valence-corrected chi connectivity index (χ3v) is 15.0. The van der Waals surface area contributed by atoms with E-state index in [0.29, 0.717) is 6.42 Å². The SMILES string of the molecule is CC[C@H]1OC(=O)[C@H](C)[C@@H](O[C@H]2C[C@@](C)(OC)[C@@H](O)[C@H](C)O2)[C@H](C)[C@@H](O[C@@H]2O[C@H](C)C[C@H](N(C)C)[C@H]2O)[C@](C)(OC)C[C@@H](C)C(=O)[C@H](C)[C@@H](O[C@H]2C[C@@](C)(OC)[C@@H](O)[C@H](C)O2)[C@]1(C)O. The molecule has 4 N–H and O–H groups in total. The van der Waals surface area contributed by atoms with Crippen LogP contribution in [0.5, 0.6) is 0 Å². The number of Topliss-reactive ketones (excluding diaryl/α,β-unsaturated/α-hetero) is 1. The Kier molecular flexibility index (Phi) is 18.3. The molecule has 4 saturated heterocycles. The average molecular weight is 906 g/mol. The Morgan fingerprint density at radius 2 is 1.21 bits per heavy atom. The van der Waals surface area contributed by atoms with Crippen LogP contribution in [0.3, 0.4) is 0 Å². The summed E-state index contributed by atoms with van der Waals surface area (Å²) >= 11 is 0. The molecule has 0 aromatic rings. The molecule has 4 aliphatic rings. The molecular formula is C46H83NO16. The summed E-state index contributed by atoms with van der Waals surface area (Å²) < 4.78 is 63.3. The molecule has 63 heavy (non-hydrogen) atoms. The van der Waals surface area contributed by atoms with E-state index in [1.165, 1.54) is 28.3 Å². The average Bonchev–Trinajstić information content (AvgIpc) is 3.22. The van der Waals surface area contributed by atoms with Gasteiger partial charge in [0.15, 0.2) is 18.9 Å². The van der Waals surface area contributed by atoms with Crippen molar-refractivity contribution >= 4 is 11.8 Å². The minimum absolute atomic E-state index is 0.0761. The highest BCUT2D eigenvalue weighted by atomic mass is 16.7. The van der Waals surface area contributed by atoms with Gasteiger partial charge in [-0.2, -0.15) is 0 Å². The highest BCUT2D eigenvalue weighted by Gasteiger charge is 2.56.